The maximum Gasteiger partial charge on any atom is 0.113 e. The molecule has 120 valence electrons. The quantitative estimate of drug-likeness (QED) is 0.373. The molecule has 2 heteroatoms. The van der Waals surface area contributed by atoms with Crippen LogP contribution in [0.2, 0.25) is 0 Å². The largest absolute Gasteiger partial charge is 0.494 e. The number of benzene rings is 1. The first kappa shape index (κ1) is 18.2. The van der Waals surface area contributed by atoms with Crippen molar-refractivity contribution < 1.29 is 4.74 Å². The van der Waals surface area contributed by atoms with E-state index in [-0.39, 0.29) is 5.92 Å². The highest BCUT2D eigenvalue weighted by molar-refractivity contribution is 5.24. The molecule has 0 saturated heterocycles. The van der Waals surface area contributed by atoms with Crippen molar-refractivity contribution in [3.63, 3.8) is 0 Å². The van der Waals surface area contributed by atoms with E-state index in [1.54, 1.807) is 0 Å². The van der Waals surface area contributed by atoms with E-state index < -0.39 is 0 Å². The van der Waals surface area contributed by atoms with Crippen molar-refractivity contribution >= 4 is 0 Å². The van der Waals surface area contributed by atoms with Crippen molar-refractivity contribution in [3.05, 3.63) is 72.5 Å². The molecule has 0 fully saturated rings. The maximum atomic E-state index is 5.81. The van der Waals surface area contributed by atoms with Crippen LogP contribution in [0.15, 0.2) is 67.0 Å². The molecule has 0 amide bonds. The van der Waals surface area contributed by atoms with Crippen LogP contribution in [0.4, 0.5) is 0 Å². The summed E-state index contributed by atoms with van der Waals surface area (Å²) in [6.07, 6.45) is 4.01. The SMILES string of the molecule is C=CC(C(=C)C=C(C)OCc1ccccc1)C(C)CN(C)C. The Labute approximate surface area is 135 Å². The summed E-state index contributed by atoms with van der Waals surface area (Å²) in [6.45, 7) is 14.0. The number of nitrogens with zero attached hydrogens (tertiary/aromatic N) is 1. The third kappa shape index (κ3) is 6.31. The van der Waals surface area contributed by atoms with Crippen molar-refractivity contribution in [2.24, 2.45) is 11.8 Å². The minimum Gasteiger partial charge on any atom is -0.494 e. The Morgan fingerprint density at radius 3 is 2.45 bits per heavy atom. The van der Waals surface area contributed by atoms with Gasteiger partial charge in [0.2, 0.25) is 0 Å². The fourth-order valence-electron chi connectivity index (χ4n) is 2.61. The average Bonchev–Trinajstić information content (AvgIpc) is 2.46. The van der Waals surface area contributed by atoms with Gasteiger partial charge in [-0.3, -0.25) is 0 Å². The summed E-state index contributed by atoms with van der Waals surface area (Å²) in [4.78, 5) is 2.19. The summed E-state index contributed by atoms with van der Waals surface area (Å²) in [5, 5.41) is 0. The van der Waals surface area contributed by atoms with Crippen molar-refractivity contribution in [1.29, 1.82) is 0 Å². The van der Waals surface area contributed by atoms with Crippen LogP contribution in [0, 0.1) is 11.8 Å². The molecule has 0 aliphatic heterocycles. The number of hydrogen-bond donors (Lipinski definition) is 0. The molecule has 1 rings (SSSR count). The van der Waals surface area contributed by atoms with Gasteiger partial charge in [-0.1, -0.05) is 49.9 Å². The predicted octanol–water partition coefficient (Wildman–Crippen LogP) is 4.66. The highest BCUT2D eigenvalue weighted by Gasteiger charge is 2.17. The molecule has 0 aromatic heterocycles. The van der Waals surface area contributed by atoms with Gasteiger partial charge < -0.3 is 9.64 Å². The molecular weight excluding hydrogens is 270 g/mol. The van der Waals surface area contributed by atoms with Crippen LogP contribution in [-0.4, -0.2) is 25.5 Å². The molecule has 0 aliphatic carbocycles. The average molecular weight is 299 g/mol. The Balaban J connectivity index is 2.60. The molecule has 0 aliphatic rings. The van der Waals surface area contributed by atoms with E-state index in [1.807, 2.05) is 37.3 Å². The molecule has 0 heterocycles. The highest BCUT2D eigenvalue weighted by Crippen LogP contribution is 2.23. The first-order chi connectivity index (χ1) is 10.4. The zero-order valence-electron chi connectivity index (χ0n) is 14.4. The summed E-state index contributed by atoms with van der Waals surface area (Å²) in [7, 11) is 4.17. The molecule has 2 unspecified atom stereocenters. The van der Waals surface area contributed by atoms with E-state index in [9.17, 15) is 0 Å². The van der Waals surface area contributed by atoms with Gasteiger partial charge >= 0.3 is 0 Å². The van der Waals surface area contributed by atoms with Crippen LogP contribution >= 0.6 is 0 Å². The monoisotopic (exact) mass is 299 g/mol. The third-order valence-corrected chi connectivity index (χ3v) is 3.65. The molecule has 0 N–H and O–H groups in total. The van der Waals surface area contributed by atoms with E-state index in [0.717, 1.165) is 17.9 Å². The molecular formula is C20H29NO. The van der Waals surface area contributed by atoms with E-state index in [2.05, 4.69) is 51.2 Å². The fraction of sp³-hybridized carbons (Fsp3) is 0.400. The fourth-order valence-corrected chi connectivity index (χ4v) is 2.61. The first-order valence-corrected chi connectivity index (χ1v) is 7.75. The zero-order chi connectivity index (χ0) is 16.5. The molecule has 0 saturated carbocycles. The Bertz CT molecular complexity index is 502. The van der Waals surface area contributed by atoms with Crippen molar-refractivity contribution in [3.8, 4) is 0 Å². The molecule has 2 nitrogen and oxygen atoms in total. The van der Waals surface area contributed by atoms with Crippen molar-refractivity contribution in [2.75, 3.05) is 20.6 Å². The summed E-state index contributed by atoms with van der Waals surface area (Å²) in [5.74, 6) is 1.62. The Morgan fingerprint density at radius 2 is 1.91 bits per heavy atom. The second-order valence-electron chi connectivity index (χ2n) is 6.11. The normalized spacial score (nSPS) is 14.5. The van der Waals surface area contributed by atoms with Crippen LogP contribution in [0.5, 0.6) is 0 Å². The van der Waals surface area contributed by atoms with E-state index in [4.69, 9.17) is 4.74 Å². The second kappa shape index (κ2) is 9.26. The van der Waals surface area contributed by atoms with Crippen molar-refractivity contribution in [2.45, 2.75) is 20.5 Å². The maximum absolute atomic E-state index is 5.81. The molecule has 0 spiro atoms. The van der Waals surface area contributed by atoms with Crippen LogP contribution in [0.1, 0.15) is 19.4 Å². The number of allylic oxidation sites excluding steroid dienone is 4. The summed E-state index contributed by atoms with van der Waals surface area (Å²) >= 11 is 0. The van der Waals surface area contributed by atoms with Crippen LogP contribution in [0.25, 0.3) is 0 Å². The van der Waals surface area contributed by atoms with Gasteiger partial charge in [-0.15, -0.1) is 6.58 Å². The van der Waals surface area contributed by atoms with E-state index >= 15 is 0 Å². The summed E-state index contributed by atoms with van der Waals surface area (Å²) < 4.78 is 5.81. The lowest BCUT2D eigenvalue weighted by Gasteiger charge is -2.24. The third-order valence-electron chi connectivity index (χ3n) is 3.65. The van der Waals surface area contributed by atoms with Crippen molar-refractivity contribution in [1.82, 2.24) is 4.90 Å². The topological polar surface area (TPSA) is 12.5 Å². The lowest BCUT2D eigenvalue weighted by Crippen LogP contribution is -2.25. The predicted molar refractivity (Wildman–Crippen MR) is 95.5 cm³/mol. The van der Waals surface area contributed by atoms with Crippen LogP contribution in [0.3, 0.4) is 0 Å². The van der Waals surface area contributed by atoms with E-state index in [0.29, 0.717) is 12.5 Å². The number of hydrogen-bond acceptors (Lipinski definition) is 2. The molecule has 1 aromatic carbocycles. The van der Waals surface area contributed by atoms with Gasteiger partial charge in [0.15, 0.2) is 0 Å². The van der Waals surface area contributed by atoms with Crippen LogP contribution < -0.4 is 0 Å². The Kier molecular flexibility index (Phi) is 7.69. The molecule has 0 radical (unpaired) electrons. The summed E-state index contributed by atoms with van der Waals surface area (Å²) in [5.41, 5.74) is 2.22. The lowest BCUT2D eigenvalue weighted by molar-refractivity contribution is 0.200. The molecule has 22 heavy (non-hydrogen) atoms. The second-order valence-corrected chi connectivity index (χ2v) is 6.11. The molecule has 0 bridgehead atoms. The first-order valence-electron chi connectivity index (χ1n) is 7.75. The Hall–Kier alpha value is -1.80. The van der Waals surface area contributed by atoms with Gasteiger partial charge in [0.1, 0.15) is 6.61 Å². The van der Waals surface area contributed by atoms with Gasteiger partial charge in [-0.05, 0) is 44.1 Å². The van der Waals surface area contributed by atoms with E-state index in [1.165, 1.54) is 5.56 Å². The summed E-state index contributed by atoms with van der Waals surface area (Å²) in [6, 6.07) is 10.2. The van der Waals surface area contributed by atoms with Gasteiger partial charge in [0, 0.05) is 12.5 Å². The van der Waals surface area contributed by atoms with Crippen LogP contribution in [-0.2, 0) is 11.3 Å². The standard InChI is InChI=1S/C20H29NO/c1-7-20(17(3)14-21(5)6)16(2)13-18(4)22-15-19-11-9-8-10-12-19/h7-13,17,20H,1-2,14-15H2,3-6H3. The molecule has 2 atom stereocenters. The zero-order valence-corrected chi connectivity index (χ0v) is 14.4. The molecule has 1 aromatic rings. The lowest BCUT2D eigenvalue weighted by atomic mass is 9.87. The number of rotatable bonds is 9. The van der Waals surface area contributed by atoms with Gasteiger partial charge in [-0.2, -0.15) is 0 Å². The van der Waals surface area contributed by atoms with Gasteiger partial charge in [0.25, 0.3) is 0 Å². The minimum absolute atomic E-state index is 0.262. The number of ether oxygens (including phenoxy) is 1. The Morgan fingerprint density at radius 1 is 1.27 bits per heavy atom. The van der Waals surface area contributed by atoms with Gasteiger partial charge in [-0.25, -0.2) is 0 Å². The highest BCUT2D eigenvalue weighted by atomic mass is 16.5. The smallest absolute Gasteiger partial charge is 0.113 e. The van der Waals surface area contributed by atoms with Gasteiger partial charge in [0.05, 0.1) is 5.76 Å². The minimum atomic E-state index is 0.262.